The molecule has 168 valence electrons. The lowest BCUT2D eigenvalue weighted by atomic mass is 10.2. The summed E-state index contributed by atoms with van der Waals surface area (Å²) in [6.07, 6.45) is 1.93. The molecular formula is C21H33IN4O4. The number of hydrogen-bond donors (Lipinski definition) is 2. The highest BCUT2D eigenvalue weighted by molar-refractivity contribution is 14.0. The van der Waals surface area contributed by atoms with Crippen LogP contribution in [-0.4, -0.2) is 70.1 Å². The topological polar surface area (TPSA) is 84.4 Å². The first-order valence-corrected chi connectivity index (χ1v) is 10.4. The second kappa shape index (κ2) is 13.0. The van der Waals surface area contributed by atoms with E-state index in [-0.39, 0.29) is 48.6 Å². The van der Waals surface area contributed by atoms with Crippen LogP contribution >= 0.6 is 24.0 Å². The maximum absolute atomic E-state index is 12.2. The van der Waals surface area contributed by atoms with Crippen LogP contribution < -0.4 is 20.3 Å². The molecule has 9 heteroatoms. The van der Waals surface area contributed by atoms with E-state index in [1.54, 1.807) is 4.90 Å². The normalized spacial score (nSPS) is 19.5. The van der Waals surface area contributed by atoms with E-state index in [2.05, 4.69) is 22.5 Å². The Morgan fingerprint density at radius 3 is 3.00 bits per heavy atom. The fraction of sp³-hybridized carbons (Fsp3) is 0.619. The zero-order valence-electron chi connectivity index (χ0n) is 17.8. The van der Waals surface area contributed by atoms with Crippen molar-refractivity contribution in [2.45, 2.75) is 38.8 Å². The van der Waals surface area contributed by atoms with Gasteiger partial charge in [-0.15, -0.1) is 24.0 Å². The lowest BCUT2D eigenvalue weighted by Crippen LogP contribution is -2.44. The van der Waals surface area contributed by atoms with Crippen molar-refractivity contribution in [3.63, 3.8) is 0 Å². The number of anilines is 1. The van der Waals surface area contributed by atoms with Gasteiger partial charge in [-0.05, 0) is 38.8 Å². The first kappa shape index (κ1) is 24.7. The van der Waals surface area contributed by atoms with Gasteiger partial charge < -0.3 is 29.7 Å². The van der Waals surface area contributed by atoms with E-state index < -0.39 is 0 Å². The highest BCUT2D eigenvalue weighted by atomic mass is 127. The number of hydrogen-bond acceptors (Lipinski definition) is 5. The van der Waals surface area contributed by atoms with Crippen molar-refractivity contribution < 1.29 is 19.0 Å². The minimum atomic E-state index is -0.0145. The number of amides is 1. The van der Waals surface area contributed by atoms with E-state index in [1.165, 1.54) is 0 Å². The van der Waals surface area contributed by atoms with Crippen LogP contribution in [-0.2, 0) is 14.3 Å². The van der Waals surface area contributed by atoms with E-state index >= 15 is 0 Å². The molecule has 3 rings (SSSR count). The van der Waals surface area contributed by atoms with Gasteiger partial charge in [-0.1, -0.05) is 12.1 Å². The molecule has 8 nitrogen and oxygen atoms in total. The van der Waals surface area contributed by atoms with Gasteiger partial charge in [0.1, 0.15) is 5.75 Å². The van der Waals surface area contributed by atoms with Crippen LogP contribution in [0.2, 0.25) is 0 Å². The van der Waals surface area contributed by atoms with Gasteiger partial charge in [0.05, 0.1) is 25.0 Å². The van der Waals surface area contributed by atoms with E-state index in [0.29, 0.717) is 26.3 Å². The summed E-state index contributed by atoms with van der Waals surface area (Å²) in [4.78, 5) is 18.7. The number of nitrogens with zero attached hydrogens (tertiary/aromatic N) is 2. The van der Waals surface area contributed by atoms with Crippen LogP contribution in [0.3, 0.4) is 0 Å². The molecular weight excluding hydrogens is 499 g/mol. The average Bonchev–Trinajstić information content (AvgIpc) is 3.24. The van der Waals surface area contributed by atoms with Crippen LogP contribution in [0.5, 0.6) is 5.75 Å². The van der Waals surface area contributed by atoms with E-state index in [1.807, 2.05) is 31.2 Å². The third kappa shape index (κ3) is 7.28. The number of halogens is 1. The van der Waals surface area contributed by atoms with Crippen LogP contribution in [0.1, 0.15) is 26.7 Å². The predicted molar refractivity (Wildman–Crippen MR) is 128 cm³/mol. The van der Waals surface area contributed by atoms with Crippen molar-refractivity contribution in [2.75, 3.05) is 51.0 Å². The van der Waals surface area contributed by atoms with Crippen molar-refractivity contribution in [3.8, 4) is 5.75 Å². The summed E-state index contributed by atoms with van der Waals surface area (Å²) in [5.41, 5.74) is 0.833. The molecule has 0 aliphatic carbocycles. The highest BCUT2D eigenvalue weighted by Crippen LogP contribution is 2.31. The standard InChI is InChI=1S/C21H32N4O4.HI/c1-3-22-21(24-16(2)13-28-17-9-12-27-14-17)23-10-6-11-25-18-7-4-5-8-19(18)29-15-20(25)26;/h4-5,7-8,16-17H,3,6,9-15H2,1-2H3,(H2,22,23,24);1H. The number of benzene rings is 1. The van der Waals surface area contributed by atoms with Crippen LogP contribution in [0, 0.1) is 0 Å². The monoisotopic (exact) mass is 532 g/mol. The van der Waals surface area contributed by atoms with Gasteiger partial charge in [0, 0.05) is 32.3 Å². The summed E-state index contributed by atoms with van der Waals surface area (Å²) < 4.78 is 16.7. The third-order valence-corrected chi connectivity index (χ3v) is 4.82. The Balaban J connectivity index is 0.00000320. The zero-order chi connectivity index (χ0) is 20.5. The van der Waals surface area contributed by atoms with Gasteiger partial charge >= 0.3 is 0 Å². The largest absolute Gasteiger partial charge is 0.482 e. The molecule has 30 heavy (non-hydrogen) atoms. The molecule has 2 atom stereocenters. The van der Waals surface area contributed by atoms with Gasteiger partial charge in [0.25, 0.3) is 5.91 Å². The minimum Gasteiger partial charge on any atom is -0.482 e. The molecule has 2 aliphatic rings. The zero-order valence-corrected chi connectivity index (χ0v) is 20.1. The maximum Gasteiger partial charge on any atom is 0.265 e. The number of rotatable bonds is 9. The van der Waals surface area contributed by atoms with Crippen LogP contribution in [0.15, 0.2) is 29.3 Å². The molecule has 1 aromatic rings. The summed E-state index contributed by atoms with van der Waals surface area (Å²) >= 11 is 0. The minimum absolute atomic E-state index is 0. The first-order chi connectivity index (χ1) is 14.2. The smallest absolute Gasteiger partial charge is 0.265 e. The number of aliphatic imine (C=N–C) groups is 1. The second-order valence-electron chi connectivity index (χ2n) is 7.28. The molecule has 2 heterocycles. The lowest BCUT2D eigenvalue weighted by molar-refractivity contribution is -0.121. The van der Waals surface area contributed by atoms with Gasteiger partial charge in [0.15, 0.2) is 12.6 Å². The van der Waals surface area contributed by atoms with Gasteiger partial charge in [-0.25, -0.2) is 0 Å². The summed E-state index contributed by atoms with van der Waals surface area (Å²) in [5, 5.41) is 6.64. The van der Waals surface area contributed by atoms with Gasteiger partial charge in [-0.2, -0.15) is 0 Å². The number of nitrogens with one attached hydrogen (secondary N) is 2. The molecule has 2 N–H and O–H groups in total. The fourth-order valence-electron chi connectivity index (χ4n) is 3.34. The van der Waals surface area contributed by atoms with Crippen molar-refractivity contribution in [1.82, 2.24) is 10.6 Å². The van der Waals surface area contributed by atoms with Gasteiger partial charge in [0.2, 0.25) is 0 Å². The maximum atomic E-state index is 12.2. The molecule has 0 spiro atoms. The number of para-hydroxylation sites is 2. The first-order valence-electron chi connectivity index (χ1n) is 10.4. The Bertz CT molecular complexity index is 697. The molecule has 1 amide bonds. The Hall–Kier alpha value is -1.59. The summed E-state index contributed by atoms with van der Waals surface area (Å²) in [5.74, 6) is 1.51. The Kier molecular flexibility index (Phi) is 10.7. The van der Waals surface area contributed by atoms with E-state index in [9.17, 15) is 4.79 Å². The fourth-order valence-corrected chi connectivity index (χ4v) is 3.34. The molecule has 1 aromatic carbocycles. The number of carbonyl (C=O) groups excluding carboxylic acids is 1. The summed E-state index contributed by atoms with van der Waals surface area (Å²) in [6, 6.07) is 7.77. The highest BCUT2D eigenvalue weighted by Gasteiger charge is 2.24. The number of fused-ring (bicyclic) bond motifs is 1. The quantitative estimate of drug-likeness (QED) is 0.220. The molecule has 0 bridgehead atoms. The molecule has 1 fully saturated rings. The molecule has 0 saturated carbocycles. The van der Waals surface area contributed by atoms with E-state index in [0.717, 1.165) is 43.4 Å². The van der Waals surface area contributed by atoms with Crippen LogP contribution in [0.25, 0.3) is 0 Å². The van der Waals surface area contributed by atoms with Crippen molar-refractivity contribution in [2.24, 2.45) is 4.99 Å². The molecule has 2 unspecified atom stereocenters. The van der Waals surface area contributed by atoms with E-state index in [4.69, 9.17) is 14.2 Å². The average molecular weight is 532 g/mol. The van der Waals surface area contributed by atoms with Gasteiger partial charge in [-0.3, -0.25) is 9.79 Å². The molecule has 2 aliphatic heterocycles. The van der Waals surface area contributed by atoms with Crippen LogP contribution in [0.4, 0.5) is 5.69 Å². The Morgan fingerprint density at radius 2 is 2.23 bits per heavy atom. The molecule has 0 aromatic heterocycles. The molecule has 1 saturated heterocycles. The number of guanidine groups is 1. The summed E-state index contributed by atoms with van der Waals surface area (Å²) in [7, 11) is 0. The Morgan fingerprint density at radius 1 is 1.40 bits per heavy atom. The number of ether oxygens (including phenoxy) is 3. The van der Waals surface area contributed by atoms with Crippen molar-refractivity contribution in [1.29, 1.82) is 0 Å². The van der Waals surface area contributed by atoms with Crippen molar-refractivity contribution >= 4 is 41.5 Å². The SMILES string of the molecule is CCNC(=NCCCN1C(=O)COc2ccccc21)NC(C)COC1CCOC1.I. The summed E-state index contributed by atoms with van der Waals surface area (Å²) in [6.45, 7) is 8.30. The lowest BCUT2D eigenvalue weighted by Gasteiger charge is -2.29. The predicted octanol–water partition coefficient (Wildman–Crippen LogP) is 2.17. The third-order valence-electron chi connectivity index (χ3n) is 4.82. The number of carbonyl (C=O) groups is 1. The van der Waals surface area contributed by atoms with Crippen molar-refractivity contribution in [3.05, 3.63) is 24.3 Å². The second-order valence-corrected chi connectivity index (χ2v) is 7.28. The molecule has 0 radical (unpaired) electrons. The Labute approximate surface area is 195 Å².